The maximum atomic E-state index is 12.3. The van der Waals surface area contributed by atoms with Crippen molar-refractivity contribution in [1.82, 2.24) is 10.2 Å². The number of methoxy groups -OCH3 is 1. The van der Waals surface area contributed by atoms with Gasteiger partial charge in [0.05, 0.1) is 7.11 Å². The number of carbonyl (C=O) groups excluding carboxylic acids is 1. The van der Waals surface area contributed by atoms with Gasteiger partial charge < -0.3 is 15.0 Å². The van der Waals surface area contributed by atoms with Crippen molar-refractivity contribution in [3.05, 3.63) is 29.8 Å². The standard InChI is InChI=1S/C13H18N2O2/c1-10-9-15(7-6-14-10)13(16)11-4-3-5-12(8-11)17-2/h3-5,8,10,14H,6-7,9H2,1-2H3. The van der Waals surface area contributed by atoms with Gasteiger partial charge in [0.25, 0.3) is 5.91 Å². The Labute approximate surface area is 102 Å². The number of ether oxygens (including phenoxy) is 1. The van der Waals surface area contributed by atoms with Crippen LogP contribution in [0.5, 0.6) is 5.75 Å². The number of nitrogens with one attached hydrogen (secondary N) is 1. The first-order chi connectivity index (χ1) is 8.20. The van der Waals surface area contributed by atoms with E-state index in [1.54, 1.807) is 13.2 Å². The molecule has 0 saturated carbocycles. The SMILES string of the molecule is COc1cccc(C(=O)N2CCNC(C)C2)c1. The number of amides is 1. The van der Waals surface area contributed by atoms with Crippen LogP contribution in [0.25, 0.3) is 0 Å². The van der Waals surface area contributed by atoms with Gasteiger partial charge in [-0.1, -0.05) is 6.07 Å². The average molecular weight is 234 g/mol. The minimum absolute atomic E-state index is 0.0808. The summed E-state index contributed by atoms with van der Waals surface area (Å²) in [6, 6.07) is 7.67. The van der Waals surface area contributed by atoms with Crippen molar-refractivity contribution in [3.63, 3.8) is 0 Å². The minimum atomic E-state index is 0.0808. The molecule has 1 N–H and O–H groups in total. The summed E-state index contributed by atoms with van der Waals surface area (Å²) < 4.78 is 5.13. The molecule has 4 heteroatoms. The Morgan fingerprint density at radius 3 is 3.06 bits per heavy atom. The predicted molar refractivity (Wildman–Crippen MR) is 66.4 cm³/mol. The highest BCUT2D eigenvalue weighted by Crippen LogP contribution is 2.15. The first-order valence-electron chi connectivity index (χ1n) is 5.87. The summed E-state index contributed by atoms with van der Waals surface area (Å²) in [5, 5.41) is 3.32. The molecule has 1 aliphatic rings. The van der Waals surface area contributed by atoms with Crippen LogP contribution in [0.15, 0.2) is 24.3 Å². The minimum Gasteiger partial charge on any atom is -0.497 e. The van der Waals surface area contributed by atoms with Crippen LogP contribution in [0.4, 0.5) is 0 Å². The van der Waals surface area contributed by atoms with Crippen LogP contribution in [0, 0.1) is 0 Å². The van der Waals surface area contributed by atoms with Crippen molar-refractivity contribution in [3.8, 4) is 5.75 Å². The Morgan fingerprint density at radius 1 is 1.53 bits per heavy atom. The lowest BCUT2D eigenvalue weighted by molar-refractivity contribution is 0.0708. The molecule has 1 aromatic rings. The zero-order valence-electron chi connectivity index (χ0n) is 10.3. The molecule has 1 saturated heterocycles. The molecular weight excluding hydrogens is 216 g/mol. The Balaban J connectivity index is 2.12. The number of carbonyl (C=O) groups is 1. The molecule has 1 aliphatic heterocycles. The third kappa shape index (κ3) is 2.77. The highest BCUT2D eigenvalue weighted by molar-refractivity contribution is 5.94. The predicted octanol–water partition coefficient (Wildman–Crippen LogP) is 1.13. The molecular formula is C13H18N2O2. The van der Waals surface area contributed by atoms with Crippen molar-refractivity contribution in [1.29, 1.82) is 0 Å². The molecule has 0 bridgehead atoms. The highest BCUT2D eigenvalue weighted by Gasteiger charge is 2.21. The monoisotopic (exact) mass is 234 g/mol. The molecule has 1 atom stereocenters. The van der Waals surface area contributed by atoms with Crippen molar-refractivity contribution in [2.45, 2.75) is 13.0 Å². The van der Waals surface area contributed by atoms with Crippen LogP contribution in [0.1, 0.15) is 17.3 Å². The van der Waals surface area contributed by atoms with Crippen LogP contribution in [-0.2, 0) is 0 Å². The average Bonchev–Trinajstić information content (AvgIpc) is 2.38. The van der Waals surface area contributed by atoms with Gasteiger partial charge in [-0.3, -0.25) is 4.79 Å². The van der Waals surface area contributed by atoms with Gasteiger partial charge in [-0.05, 0) is 25.1 Å². The molecule has 1 heterocycles. The van der Waals surface area contributed by atoms with E-state index in [2.05, 4.69) is 12.2 Å². The molecule has 2 rings (SSSR count). The molecule has 4 nitrogen and oxygen atoms in total. The third-order valence-corrected chi connectivity index (χ3v) is 2.97. The van der Waals surface area contributed by atoms with Crippen LogP contribution in [0.3, 0.4) is 0 Å². The summed E-state index contributed by atoms with van der Waals surface area (Å²) in [6.07, 6.45) is 0. The summed E-state index contributed by atoms with van der Waals surface area (Å²) in [6.45, 7) is 4.47. The van der Waals surface area contributed by atoms with Crippen molar-refractivity contribution < 1.29 is 9.53 Å². The normalized spacial score (nSPS) is 20.1. The van der Waals surface area contributed by atoms with Gasteiger partial charge in [0.2, 0.25) is 0 Å². The second kappa shape index (κ2) is 5.19. The van der Waals surface area contributed by atoms with Gasteiger partial charge >= 0.3 is 0 Å². The van der Waals surface area contributed by atoms with E-state index in [4.69, 9.17) is 4.74 Å². The van der Waals surface area contributed by atoms with E-state index in [1.807, 2.05) is 23.1 Å². The second-order valence-electron chi connectivity index (χ2n) is 4.34. The quantitative estimate of drug-likeness (QED) is 0.834. The molecule has 0 spiro atoms. The van der Waals surface area contributed by atoms with E-state index in [0.29, 0.717) is 11.6 Å². The zero-order chi connectivity index (χ0) is 12.3. The Kier molecular flexibility index (Phi) is 3.64. The molecule has 1 aromatic carbocycles. The number of nitrogens with zero attached hydrogens (tertiary/aromatic N) is 1. The molecule has 1 unspecified atom stereocenters. The summed E-state index contributed by atoms with van der Waals surface area (Å²) in [7, 11) is 1.61. The van der Waals surface area contributed by atoms with Gasteiger partial charge in [0.1, 0.15) is 5.75 Å². The maximum absolute atomic E-state index is 12.3. The van der Waals surface area contributed by atoms with Crippen LogP contribution >= 0.6 is 0 Å². The second-order valence-corrected chi connectivity index (χ2v) is 4.34. The van der Waals surface area contributed by atoms with E-state index in [-0.39, 0.29) is 5.91 Å². The summed E-state index contributed by atoms with van der Waals surface area (Å²) >= 11 is 0. The van der Waals surface area contributed by atoms with Crippen molar-refractivity contribution in [2.75, 3.05) is 26.7 Å². The Bertz CT molecular complexity index is 406. The van der Waals surface area contributed by atoms with E-state index in [9.17, 15) is 4.79 Å². The summed E-state index contributed by atoms with van der Waals surface area (Å²) in [5.41, 5.74) is 0.693. The van der Waals surface area contributed by atoms with Gasteiger partial charge in [-0.15, -0.1) is 0 Å². The van der Waals surface area contributed by atoms with E-state index in [0.717, 1.165) is 25.4 Å². The van der Waals surface area contributed by atoms with Gasteiger partial charge in [-0.25, -0.2) is 0 Å². The third-order valence-electron chi connectivity index (χ3n) is 2.97. The maximum Gasteiger partial charge on any atom is 0.254 e. The fourth-order valence-corrected chi connectivity index (χ4v) is 2.06. The largest absolute Gasteiger partial charge is 0.497 e. The fraction of sp³-hybridized carbons (Fsp3) is 0.462. The number of benzene rings is 1. The number of piperazine rings is 1. The van der Waals surface area contributed by atoms with Crippen LogP contribution in [0.2, 0.25) is 0 Å². The Hall–Kier alpha value is -1.55. The van der Waals surface area contributed by atoms with E-state index < -0.39 is 0 Å². The van der Waals surface area contributed by atoms with E-state index in [1.165, 1.54) is 0 Å². The molecule has 0 aromatic heterocycles. The molecule has 17 heavy (non-hydrogen) atoms. The Morgan fingerprint density at radius 2 is 2.35 bits per heavy atom. The lowest BCUT2D eigenvalue weighted by atomic mass is 10.1. The number of rotatable bonds is 2. The fourth-order valence-electron chi connectivity index (χ4n) is 2.06. The lowest BCUT2D eigenvalue weighted by Gasteiger charge is -2.32. The smallest absolute Gasteiger partial charge is 0.254 e. The van der Waals surface area contributed by atoms with Crippen molar-refractivity contribution >= 4 is 5.91 Å². The van der Waals surface area contributed by atoms with Gasteiger partial charge in [0, 0.05) is 31.2 Å². The molecule has 92 valence electrons. The first kappa shape index (κ1) is 11.9. The summed E-state index contributed by atoms with van der Waals surface area (Å²) in [4.78, 5) is 14.1. The molecule has 0 radical (unpaired) electrons. The number of hydrogen-bond acceptors (Lipinski definition) is 3. The highest BCUT2D eigenvalue weighted by atomic mass is 16.5. The van der Waals surface area contributed by atoms with Gasteiger partial charge in [-0.2, -0.15) is 0 Å². The van der Waals surface area contributed by atoms with E-state index >= 15 is 0 Å². The molecule has 0 aliphatic carbocycles. The van der Waals surface area contributed by atoms with Crippen LogP contribution < -0.4 is 10.1 Å². The van der Waals surface area contributed by atoms with Crippen molar-refractivity contribution in [2.24, 2.45) is 0 Å². The zero-order valence-corrected chi connectivity index (χ0v) is 10.3. The molecule has 1 fully saturated rings. The summed E-state index contributed by atoms with van der Waals surface area (Å²) in [5.74, 6) is 0.802. The number of hydrogen-bond donors (Lipinski definition) is 1. The topological polar surface area (TPSA) is 41.6 Å². The van der Waals surface area contributed by atoms with Gasteiger partial charge in [0.15, 0.2) is 0 Å². The van der Waals surface area contributed by atoms with Crippen LogP contribution in [-0.4, -0.2) is 43.6 Å². The first-order valence-corrected chi connectivity index (χ1v) is 5.87. The lowest BCUT2D eigenvalue weighted by Crippen LogP contribution is -2.51. The molecule has 1 amide bonds.